The van der Waals surface area contributed by atoms with Gasteiger partial charge in [-0.3, -0.25) is 14.6 Å². The lowest BCUT2D eigenvalue weighted by Gasteiger charge is -2.07. The predicted octanol–water partition coefficient (Wildman–Crippen LogP) is 4.41. The van der Waals surface area contributed by atoms with Crippen LogP contribution in [0.5, 0.6) is 5.75 Å². The SMILES string of the molecule is COc1ccnc(C(=O)CC(=O)c2ccc(Cc3c(F)cccc3F)cc2)c1. The van der Waals surface area contributed by atoms with Gasteiger partial charge in [-0.15, -0.1) is 0 Å². The Kier molecular flexibility index (Phi) is 5.89. The van der Waals surface area contributed by atoms with Gasteiger partial charge in [0.05, 0.1) is 13.5 Å². The van der Waals surface area contributed by atoms with Crippen LogP contribution in [0.15, 0.2) is 60.8 Å². The van der Waals surface area contributed by atoms with Crippen LogP contribution in [-0.4, -0.2) is 23.7 Å². The molecule has 0 fully saturated rings. The lowest BCUT2D eigenvalue weighted by molar-refractivity contribution is 0.0891. The van der Waals surface area contributed by atoms with Crippen molar-refractivity contribution in [2.75, 3.05) is 7.11 Å². The third-order valence-electron chi connectivity index (χ3n) is 4.29. The number of halogens is 2. The number of ketones is 2. The van der Waals surface area contributed by atoms with Gasteiger partial charge in [0.1, 0.15) is 23.1 Å². The van der Waals surface area contributed by atoms with Gasteiger partial charge in [-0.1, -0.05) is 30.3 Å². The van der Waals surface area contributed by atoms with Crippen molar-refractivity contribution in [3.63, 3.8) is 0 Å². The second-order valence-electron chi connectivity index (χ2n) is 6.18. The van der Waals surface area contributed by atoms with Crippen molar-refractivity contribution in [1.29, 1.82) is 0 Å². The fraction of sp³-hybridized carbons (Fsp3) is 0.136. The molecule has 3 rings (SSSR count). The lowest BCUT2D eigenvalue weighted by Crippen LogP contribution is -2.10. The topological polar surface area (TPSA) is 56.3 Å². The van der Waals surface area contributed by atoms with Gasteiger partial charge in [0, 0.05) is 29.8 Å². The molecule has 6 heteroatoms. The Labute approximate surface area is 160 Å². The zero-order valence-corrected chi connectivity index (χ0v) is 15.1. The molecule has 0 spiro atoms. The van der Waals surface area contributed by atoms with Crippen LogP contribution >= 0.6 is 0 Å². The van der Waals surface area contributed by atoms with E-state index >= 15 is 0 Å². The Hall–Kier alpha value is -3.41. The zero-order chi connectivity index (χ0) is 20.1. The van der Waals surface area contributed by atoms with Crippen LogP contribution < -0.4 is 4.74 Å². The van der Waals surface area contributed by atoms with E-state index in [4.69, 9.17) is 4.74 Å². The number of ether oxygens (including phenoxy) is 1. The molecule has 0 unspecified atom stereocenters. The molecule has 0 radical (unpaired) electrons. The molecule has 0 bridgehead atoms. The van der Waals surface area contributed by atoms with Crippen molar-refractivity contribution in [2.24, 2.45) is 0 Å². The van der Waals surface area contributed by atoms with Crippen molar-refractivity contribution in [3.05, 3.63) is 94.8 Å². The molecule has 1 heterocycles. The van der Waals surface area contributed by atoms with Gasteiger partial charge >= 0.3 is 0 Å². The van der Waals surface area contributed by atoms with E-state index < -0.39 is 17.4 Å². The highest BCUT2D eigenvalue weighted by molar-refractivity contribution is 6.12. The maximum Gasteiger partial charge on any atom is 0.189 e. The number of pyridine rings is 1. The molecule has 4 nitrogen and oxygen atoms in total. The molecule has 0 aliphatic heterocycles. The smallest absolute Gasteiger partial charge is 0.189 e. The van der Waals surface area contributed by atoms with Crippen LogP contribution in [-0.2, 0) is 6.42 Å². The standard InChI is InChI=1S/C22H17F2NO3/c1-28-16-9-10-25-20(12-16)22(27)13-21(26)15-7-5-14(6-8-15)11-17-18(23)3-2-4-19(17)24/h2-10,12H,11,13H2,1H3. The minimum Gasteiger partial charge on any atom is -0.497 e. The van der Waals surface area contributed by atoms with Crippen LogP contribution in [0.2, 0.25) is 0 Å². The van der Waals surface area contributed by atoms with E-state index in [0.29, 0.717) is 16.9 Å². The summed E-state index contributed by atoms with van der Waals surface area (Å²) in [7, 11) is 1.48. The largest absolute Gasteiger partial charge is 0.497 e. The summed E-state index contributed by atoms with van der Waals surface area (Å²) in [6.45, 7) is 0. The van der Waals surface area contributed by atoms with E-state index in [1.807, 2.05) is 0 Å². The summed E-state index contributed by atoms with van der Waals surface area (Å²) in [5.74, 6) is -1.52. The molecule has 0 aliphatic carbocycles. The van der Waals surface area contributed by atoms with Crippen LogP contribution in [0.4, 0.5) is 8.78 Å². The Morgan fingerprint density at radius 1 is 0.964 bits per heavy atom. The van der Waals surface area contributed by atoms with Gasteiger partial charge in [-0.05, 0) is 23.8 Å². The van der Waals surface area contributed by atoms with E-state index in [1.165, 1.54) is 37.6 Å². The van der Waals surface area contributed by atoms with Gasteiger partial charge in [-0.2, -0.15) is 0 Å². The summed E-state index contributed by atoms with van der Waals surface area (Å²) in [5, 5.41) is 0. The third-order valence-corrected chi connectivity index (χ3v) is 4.29. The number of rotatable bonds is 7. The van der Waals surface area contributed by atoms with Crippen LogP contribution in [0.1, 0.15) is 38.4 Å². The molecule has 0 saturated heterocycles. The number of nitrogens with zero attached hydrogens (tertiary/aromatic N) is 1. The van der Waals surface area contributed by atoms with Gasteiger partial charge in [0.25, 0.3) is 0 Å². The molecular formula is C22H17F2NO3. The number of aromatic nitrogens is 1. The van der Waals surface area contributed by atoms with E-state index in [2.05, 4.69) is 4.98 Å². The Morgan fingerprint density at radius 2 is 1.64 bits per heavy atom. The number of carbonyl (C=O) groups excluding carboxylic acids is 2. The van der Waals surface area contributed by atoms with Gasteiger partial charge in [0.2, 0.25) is 0 Å². The van der Waals surface area contributed by atoms with E-state index in [1.54, 1.807) is 30.3 Å². The van der Waals surface area contributed by atoms with Crippen LogP contribution in [0.25, 0.3) is 0 Å². The van der Waals surface area contributed by atoms with Gasteiger partial charge < -0.3 is 4.74 Å². The summed E-state index contributed by atoms with van der Waals surface area (Å²) in [5.41, 5.74) is 1.12. The predicted molar refractivity (Wildman–Crippen MR) is 99.7 cm³/mol. The van der Waals surface area contributed by atoms with Crippen molar-refractivity contribution in [1.82, 2.24) is 4.98 Å². The van der Waals surface area contributed by atoms with E-state index in [-0.39, 0.29) is 29.9 Å². The zero-order valence-electron chi connectivity index (χ0n) is 15.1. The quantitative estimate of drug-likeness (QED) is 0.449. The monoisotopic (exact) mass is 381 g/mol. The Balaban J connectivity index is 1.69. The minimum absolute atomic E-state index is 0.0270. The normalized spacial score (nSPS) is 10.5. The van der Waals surface area contributed by atoms with E-state index in [9.17, 15) is 18.4 Å². The average Bonchev–Trinajstić information content (AvgIpc) is 2.71. The molecule has 0 aliphatic rings. The number of hydrogen-bond acceptors (Lipinski definition) is 4. The fourth-order valence-electron chi connectivity index (χ4n) is 2.74. The summed E-state index contributed by atoms with van der Waals surface area (Å²) in [6.07, 6.45) is 1.17. The maximum absolute atomic E-state index is 13.8. The number of Topliss-reactive ketones (excluding diaryl/α,β-unsaturated/α-hetero) is 2. The Morgan fingerprint density at radius 3 is 2.29 bits per heavy atom. The summed E-state index contributed by atoms with van der Waals surface area (Å²) in [6, 6.07) is 13.1. The first-order valence-corrected chi connectivity index (χ1v) is 8.56. The second kappa shape index (κ2) is 8.52. The average molecular weight is 381 g/mol. The molecule has 2 aromatic carbocycles. The van der Waals surface area contributed by atoms with Crippen molar-refractivity contribution >= 4 is 11.6 Å². The first kappa shape index (κ1) is 19.4. The summed E-state index contributed by atoms with van der Waals surface area (Å²) >= 11 is 0. The van der Waals surface area contributed by atoms with Gasteiger partial charge in [-0.25, -0.2) is 8.78 Å². The molecule has 3 aromatic rings. The number of methoxy groups -OCH3 is 1. The molecule has 142 valence electrons. The first-order valence-electron chi connectivity index (χ1n) is 8.56. The van der Waals surface area contributed by atoms with E-state index in [0.717, 1.165) is 0 Å². The molecular weight excluding hydrogens is 364 g/mol. The van der Waals surface area contributed by atoms with Crippen molar-refractivity contribution < 1.29 is 23.1 Å². The summed E-state index contributed by atoms with van der Waals surface area (Å²) < 4.78 is 32.6. The highest BCUT2D eigenvalue weighted by Crippen LogP contribution is 2.18. The lowest BCUT2D eigenvalue weighted by atomic mass is 9.99. The molecule has 1 aromatic heterocycles. The Bertz CT molecular complexity index is 996. The highest BCUT2D eigenvalue weighted by atomic mass is 19.1. The maximum atomic E-state index is 13.8. The molecule has 0 N–H and O–H groups in total. The number of hydrogen-bond donors (Lipinski definition) is 0. The fourth-order valence-corrected chi connectivity index (χ4v) is 2.74. The van der Waals surface area contributed by atoms with Crippen LogP contribution in [0, 0.1) is 11.6 Å². The van der Waals surface area contributed by atoms with Gasteiger partial charge in [0.15, 0.2) is 11.6 Å². The summed E-state index contributed by atoms with van der Waals surface area (Å²) in [4.78, 5) is 28.6. The molecule has 28 heavy (non-hydrogen) atoms. The number of benzene rings is 2. The van der Waals surface area contributed by atoms with Crippen LogP contribution in [0.3, 0.4) is 0 Å². The highest BCUT2D eigenvalue weighted by Gasteiger charge is 2.16. The second-order valence-corrected chi connectivity index (χ2v) is 6.18. The molecule has 0 amide bonds. The molecule has 0 atom stereocenters. The van der Waals surface area contributed by atoms with Crippen molar-refractivity contribution in [3.8, 4) is 5.75 Å². The minimum atomic E-state index is -0.614. The third kappa shape index (κ3) is 4.46. The number of carbonyl (C=O) groups is 2. The first-order chi connectivity index (χ1) is 13.5. The molecule has 0 saturated carbocycles. The van der Waals surface area contributed by atoms with Crippen molar-refractivity contribution in [2.45, 2.75) is 12.8 Å².